The molecule has 0 radical (unpaired) electrons. The van der Waals surface area contributed by atoms with Gasteiger partial charge in [0, 0.05) is 12.7 Å². The minimum absolute atomic E-state index is 0.311. The molecule has 0 bridgehead atoms. The van der Waals surface area contributed by atoms with Gasteiger partial charge in [0.05, 0.1) is 11.4 Å². The summed E-state index contributed by atoms with van der Waals surface area (Å²) in [6.07, 6.45) is 8.44. The van der Waals surface area contributed by atoms with Gasteiger partial charge < -0.3 is 5.32 Å². The van der Waals surface area contributed by atoms with Gasteiger partial charge in [0.25, 0.3) is 10.0 Å². The highest BCUT2D eigenvalue weighted by molar-refractivity contribution is 7.94. The van der Waals surface area contributed by atoms with Crippen LogP contribution in [-0.4, -0.2) is 19.9 Å². The molecule has 0 spiro atoms. The highest BCUT2D eigenvalue weighted by Crippen LogP contribution is 2.29. The van der Waals surface area contributed by atoms with Crippen LogP contribution in [0.15, 0.2) is 40.1 Å². The molecule has 3 rings (SSSR count). The first-order valence-corrected chi connectivity index (χ1v) is 11.6. The van der Waals surface area contributed by atoms with E-state index in [-0.39, 0.29) is 0 Å². The summed E-state index contributed by atoms with van der Waals surface area (Å²) in [7, 11) is -3.55. The van der Waals surface area contributed by atoms with Crippen molar-refractivity contribution >= 4 is 27.0 Å². The number of pyridine rings is 1. The third-order valence-corrected chi connectivity index (χ3v) is 7.87. The lowest BCUT2D eigenvalue weighted by molar-refractivity contribution is 0.256. The van der Waals surface area contributed by atoms with Crippen LogP contribution in [0.3, 0.4) is 0 Å². The summed E-state index contributed by atoms with van der Waals surface area (Å²) in [6.45, 7) is 3.79. The Morgan fingerprint density at radius 3 is 2.77 bits per heavy atom. The van der Waals surface area contributed by atoms with Gasteiger partial charge in [-0.2, -0.15) is 0 Å². The predicted octanol–water partition coefficient (Wildman–Crippen LogP) is 4.25. The minimum atomic E-state index is -3.55. The summed E-state index contributed by atoms with van der Waals surface area (Å²) >= 11 is 1.21. The standard InChI is InChI=1S/C19H27N3O2S2/c1-15(16-7-3-2-4-8-16)13-20-14-18-17(9-5-11-21-18)22-26(23,24)19-10-6-12-25-19/h5-6,9-12,15-16,20,22H,2-4,7-8,13-14H2,1H3. The zero-order valence-corrected chi connectivity index (χ0v) is 16.8. The summed E-state index contributed by atoms with van der Waals surface area (Å²) in [6, 6.07) is 6.85. The number of nitrogens with one attached hydrogen (secondary N) is 2. The maximum Gasteiger partial charge on any atom is 0.271 e. The second kappa shape index (κ2) is 8.97. The molecule has 0 saturated heterocycles. The molecule has 2 N–H and O–H groups in total. The molecule has 1 fully saturated rings. The molecule has 1 unspecified atom stereocenters. The van der Waals surface area contributed by atoms with E-state index in [4.69, 9.17) is 0 Å². The number of sulfonamides is 1. The zero-order chi connectivity index (χ0) is 18.4. The fraction of sp³-hybridized carbons (Fsp3) is 0.526. The van der Waals surface area contributed by atoms with E-state index < -0.39 is 10.0 Å². The highest BCUT2D eigenvalue weighted by Gasteiger charge is 2.20. The Bertz CT molecular complexity index is 785. The number of anilines is 1. The summed E-state index contributed by atoms with van der Waals surface area (Å²) in [5.41, 5.74) is 1.27. The van der Waals surface area contributed by atoms with Crippen LogP contribution in [0.5, 0.6) is 0 Å². The SMILES string of the molecule is CC(CNCc1ncccc1NS(=O)(=O)c1cccs1)C1CCCCC1. The summed E-state index contributed by atoms with van der Waals surface area (Å²) in [4.78, 5) is 4.37. The largest absolute Gasteiger partial charge is 0.311 e. The van der Waals surface area contributed by atoms with E-state index in [1.807, 2.05) is 0 Å². The van der Waals surface area contributed by atoms with Crippen LogP contribution in [-0.2, 0) is 16.6 Å². The first-order valence-electron chi connectivity index (χ1n) is 9.27. The molecule has 2 heterocycles. The Kier molecular flexibility index (Phi) is 6.67. The number of thiophene rings is 1. The van der Waals surface area contributed by atoms with E-state index in [2.05, 4.69) is 21.9 Å². The Hall–Kier alpha value is -1.44. The van der Waals surface area contributed by atoms with Crippen molar-refractivity contribution in [3.05, 3.63) is 41.5 Å². The Balaban J connectivity index is 1.59. The highest BCUT2D eigenvalue weighted by atomic mass is 32.2. The van der Waals surface area contributed by atoms with E-state index in [0.29, 0.717) is 22.4 Å². The Labute approximate surface area is 160 Å². The number of nitrogens with zero attached hydrogens (tertiary/aromatic N) is 1. The molecule has 1 aliphatic rings. The smallest absolute Gasteiger partial charge is 0.271 e. The Morgan fingerprint density at radius 1 is 1.23 bits per heavy atom. The molecule has 2 aromatic rings. The lowest BCUT2D eigenvalue weighted by Crippen LogP contribution is -2.28. The number of rotatable bonds is 8. The van der Waals surface area contributed by atoms with Crippen molar-refractivity contribution in [1.82, 2.24) is 10.3 Å². The first kappa shape index (κ1) is 19.3. The summed E-state index contributed by atoms with van der Waals surface area (Å²) < 4.78 is 27.9. The third-order valence-electron chi connectivity index (χ3n) is 5.11. The molecule has 2 aromatic heterocycles. The van der Waals surface area contributed by atoms with Gasteiger partial charge in [-0.05, 0) is 42.0 Å². The van der Waals surface area contributed by atoms with Gasteiger partial charge in [0.2, 0.25) is 0 Å². The van der Waals surface area contributed by atoms with Gasteiger partial charge in [0.1, 0.15) is 4.21 Å². The molecule has 5 nitrogen and oxygen atoms in total. The van der Waals surface area contributed by atoms with Crippen LogP contribution in [0, 0.1) is 11.8 Å². The van der Waals surface area contributed by atoms with Crippen molar-refractivity contribution in [3.63, 3.8) is 0 Å². The van der Waals surface area contributed by atoms with E-state index in [9.17, 15) is 8.42 Å². The van der Waals surface area contributed by atoms with E-state index in [1.165, 1.54) is 43.4 Å². The van der Waals surface area contributed by atoms with Crippen molar-refractivity contribution in [1.29, 1.82) is 0 Å². The maximum absolute atomic E-state index is 12.5. The van der Waals surface area contributed by atoms with Crippen molar-refractivity contribution in [2.75, 3.05) is 11.3 Å². The second-order valence-electron chi connectivity index (χ2n) is 7.04. The van der Waals surface area contributed by atoms with E-state index in [1.54, 1.807) is 35.8 Å². The number of hydrogen-bond donors (Lipinski definition) is 2. The van der Waals surface area contributed by atoms with Crippen molar-refractivity contribution in [2.24, 2.45) is 11.8 Å². The molecule has 1 saturated carbocycles. The van der Waals surface area contributed by atoms with Gasteiger partial charge in [-0.25, -0.2) is 8.42 Å². The topological polar surface area (TPSA) is 71.1 Å². The van der Waals surface area contributed by atoms with Crippen LogP contribution in [0.1, 0.15) is 44.7 Å². The molecular weight excluding hydrogens is 366 g/mol. The zero-order valence-electron chi connectivity index (χ0n) is 15.1. The average Bonchev–Trinajstić information content (AvgIpc) is 3.19. The van der Waals surface area contributed by atoms with Crippen molar-refractivity contribution in [2.45, 2.75) is 49.8 Å². The van der Waals surface area contributed by atoms with Gasteiger partial charge in [-0.15, -0.1) is 11.3 Å². The molecule has 1 atom stereocenters. The fourth-order valence-corrected chi connectivity index (χ4v) is 5.65. The van der Waals surface area contributed by atoms with Crippen molar-refractivity contribution < 1.29 is 8.42 Å². The number of hydrogen-bond acceptors (Lipinski definition) is 5. The summed E-state index contributed by atoms with van der Waals surface area (Å²) in [5.74, 6) is 1.43. The first-order chi connectivity index (χ1) is 12.6. The lowest BCUT2D eigenvalue weighted by Gasteiger charge is -2.27. The van der Waals surface area contributed by atoms with Crippen LogP contribution in [0.2, 0.25) is 0 Å². The van der Waals surface area contributed by atoms with Gasteiger partial charge >= 0.3 is 0 Å². The van der Waals surface area contributed by atoms with Crippen molar-refractivity contribution in [3.8, 4) is 0 Å². The van der Waals surface area contributed by atoms with E-state index in [0.717, 1.165) is 18.2 Å². The molecular formula is C19H27N3O2S2. The minimum Gasteiger partial charge on any atom is -0.311 e. The molecule has 0 aromatic carbocycles. The van der Waals surface area contributed by atoms with Gasteiger partial charge in [-0.3, -0.25) is 9.71 Å². The lowest BCUT2D eigenvalue weighted by atomic mass is 9.81. The van der Waals surface area contributed by atoms with Gasteiger partial charge in [0.15, 0.2) is 0 Å². The molecule has 26 heavy (non-hydrogen) atoms. The van der Waals surface area contributed by atoms with Crippen LogP contribution < -0.4 is 10.0 Å². The molecule has 0 amide bonds. The maximum atomic E-state index is 12.5. The quantitative estimate of drug-likeness (QED) is 0.703. The monoisotopic (exact) mass is 393 g/mol. The third kappa shape index (κ3) is 5.05. The van der Waals surface area contributed by atoms with Crippen LogP contribution >= 0.6 is 11.3 Å². The van der Waals surface area contributed by atoms with Gasteiger partial charge in [-0.1, -0.05) is 45.1 Å². The number of aromatic nitrogens is 1. The normalized spacial score (nSPS) is 17.1. The fourth-order valence-electron chi connectivity index (χ4n) is 3.57. The Morgan fingerprint density at radius 2 is 2.04 bits per heavy atom. The van der Waals surface area contributed by atoms with Crippen LogP contribution in [0.4, 0.5) is 5.69 Å². The molecule has 7 heteroatoms. The molecule has 1 aliphatic carbocycles. The molecule has 142 valence electrons. The second-order valence-corrected chi connectivity index (χ2v) is 9.90. The average molecular weight is 394 g/mol. The van der Waals surface area contributed by atoms with E-state index >= 15 is 0 Å². The summed E-state index contributed by atoms with van der Waals surface area (Å²) in [5, 5.41) is 5.22. The van der Waals surface area contributed by atoms with Crippen LogP contribution in [0.25, 0.3) is 0 Å². The molecule has 0 aliphatic heterocycles. The predicted molar refractivity (Wildman–Crippen MR) is 107 cm³/mol.